The number of carboxylic acids is 1. The van der Waals surface area contributed by atoms with Crippen LogP contribution in [0.2, 0.25) is 0 Å². The lowest BCUT2D eigenvalue weighted by atomic mass is 9.39. The molecule has 5 fully saturated rings. The number of aromatic amines is 1. The van der Waals surface area contributed by atoms with E-state index < -0.39 is 5.97 Å². The molecule has 8 nitrogen and oxygen atoms in total. The lowest BCUT2D eigenvalue weighted by Crippen LogP contribution is -2.58. The molecule has 0 radical (unpaired) electrons. The van der Waals surface area contributed by atoms with E-state index in [1.165, 1.54) is 24.8 Å². The Morgan fingerprint density at radius 3 is 2.44 bits per heavy atom. The number of fused-ring (bicyclic) bond motifs is 8. The molecule has 8 heteroatoms. The largest absolute Gasteiger partial charge is 0.481 e. The molecule has 3 aromatic rings. The first kappa shape index (κ1) is 40.3. The second-order valence-corrected chi connectivity index (χ2v) is 21.3. The minimum absolute atomic E-state index is 0.0288. The molecular weight excluding hydrogens is 735 g/mol. The number of hydrogen-bond acceptors (Lipinski definition) is 5. The number of imidazole rings is 1. The van der Waals surface area contributed by atoms with Crippen molar-refractivity contribution in [3.63, 3.8) is 0 Å². The van der Waals surface area contributed by atoms with E-state index in [0.29, 0.717) is 73.5 Å². The van der Waals surface area contributed by atoms with E-state index in [9.17, 15) is 24.3 Å². The van der Waals surface area contributed by atoms with E-state index in [-0.39, 0.29) is 51.6 Å². The fourth-order valence-electron chi connectivity index (χ4n) is 14.9. The van der Waals surface area contributed by atoms with E-state index >= 15 is 0 Å². The van der Waals surface area contributed by atoms with Crippen molar-refractivity contribution in [2.45, 2.75) is 125 Å². The number of aromatic nitrogens is 2. The summed E-state index contributed by atoms with van der Waals surface area (Å²) in [6.45, 7) is 14.2. The van der Waals surface area contributed by atoms with Crippen LogP contribution in [0.4, 0.5) is 0 Å². The first-order valence-corrected chi connectivity index (χ1v) is 23.0. The summed E-state index contributed by atoms with van der Waals surface area (Å²) < 4.78 is 0. The van der Waals surface area contributed by atoms with Gasteiger partial charge >= 0.3 is 5.97 Å². The topological polar surface area (TPSA) is 129 Å². The Balaban J connectivity index is 0.889. The van der Waals surface area contributed by atoms with E-state index in [1.807, 2.05) is 49.4 Å². The van der Waals surface area contributed by atoms with Crippen molar-refractivity contribution in [2.75, 3.05) is 0 Å². The molecule has 2 aromatic carbocycles. The first-order valence-electron chi connectivity index (χ1n) is 23.0. The van der Waals surface area contributed by atoms with Crippen LogP contribution in [0, 0.1) is 75.4 Å². The normalized spacial score (nSPS) is 36.0. The van der Waals surface area contributed by atoms with E-state index in [4.69, 9.17) is 4.98 Å². The summed E-state index contributed by atoms with van der Waals surface area (Å²) >= 11 is 0. The number of allylic oxidation sites excluding steroid dienone is 2. The van der Waals surface area contributed by atoms with Crippen molar-refractivity contribution in [2.24, 2.45) is 75.4 Å². The summed E-state index contributed by atoms with van der Waals surface area (Å²) in [7, 11) is 0. The zero-order valence-corrected chi connectivity index (χ0v) is 36.1. The summed E-state index contributed by atoms with van der Waals surface area (Å²) in [6.07, 6.45) is 10.8. The Labute approximate surface area is 350 Å². The Kier molecular flexibility index (Phi) is 10.1. The molecule has 3 N–H and O–H groups in total. The molecule has 0 aliphatic heterocycles. The number of ketones is 2. The Morgan fingerprint density at radius 2 is 1.71 bits per heavy atom. The highest BCUT2D eigenvalue weighted by Gasteiger charge is 2.63. The number of rotatable bonds is 10. The maximum Gasteiger partial charge on any atom is 0.306 e. The smallest absolute Gasteiger partial charge is 0.306 e. The molecule has 59 heavy (non-hydrogen) atoms. The summed E-state index contributed by atoms with van der Waals surface area (Å²) in [5, 5.41) is 12.8. The molecule has 0 saturated heterocycles. The lowest BCUT2D eigenvalue weighted by Gasteiger charge is -2.65. The predicted octanol–water partition coefficient (Wildman–Crippen LogP) is 10.4. The second-order valence-electron chi connectivity index (χ2n) is 21.3. The van der Waals surface area contributed by atoms with Crippen molar-refractivity contribution in [3.8, 4) is 11.4 Å². The van der Waals surface area contributed by atoms with Crippen LogP contribution in [0.5, 0.6) is 0 Å². The Hall–Kier alpha value is -4.07. The van der Waals surface area contributed by atoms with Gasteiger partial charge in [-0.2, -0.15) is 0 Å². The number of nitrogens with one attached hydrogen (secondary N) is 2. The molecule has 1 aromatic heterocycles. The van der Waals surface area contributed by atoms with E-state index in [2.05, 4.69) is 51.0 Å². The summed E-state index contributed by atoms with van der Waals surface area (Å²) in [6, 6.07) is 16.2. The third kappa shape index (κ3) is 6.65. The van der Waals surface area contributed by atoms with Gasteiger partial charge in [0.15, 0.2) is 5.78 Å². The molecule has 0 bridgehead atoms. The quantitative estimate of drug-likeness (QED) is 0.187. The molecule has 6 aliphatic carbocycles. The van der Waals surface area contributed by atoms with Gasteiger partial charge in [-0.25, -0.2) is 4.98 Å². The van der Waals surface area contributed by atoms with E-state index in [1.54, 1.807) is 0 Å². The van der Waals surface area contributed by atoms with Crippen molar-refractivity contribution < 1.29 is 24.3 Å². The van der Waals surface area contributed by atoms with Crippen LogP contribution >= 0.6 is 0 Å². The zero-order valence-electron chi connectivity index (χ0n) is 36.1. The average Bonchev–Trinajstić information content (AvgIpc) is 3.75. The minimum Gasteiger partial charge on any atom is -0.481 e. The standard InChI is InChI=1S/C51H65N3O5/c1-28(2)45-42(56)25-51(26-44(57)52-27-30-12-16-39-40(22-30)54-47(53-39)31-10-8-7-9-11-31)21-19-33-34-14-17-43-49(4,5)32(23-41(55)36-24-37(29(36)3)48(58)59)18-20-50(43,6)38(34)15-13-35(33)46(45)51/h7-12,16,22,28-29,32-38,43H,13-15,17-21,23-27H2,1-6H3,(H,52,57)(H,53,54)(H,58,59). The molecule has 314 valence electrons. The van der Waals surface area contributed by atoms with Gasteiger partial charge in [-0.05, 0) is 139 Å². The zero-order chi connectivity index (χ0) is 41.6. The number of benzene rings is 2. The number of Topliss-reactive ketones (excluding diaryl/α,β-unsaturated/α-hetero) is 2. The van der Waals surface area contributed by atoms with Gasteiger partial charge in [0.05, 0.1) is 17.0 Å². The number of carboxylic acid groups (broad SMARTS) is 1. The SMILES string of the molecule is CC(C)C1=C2C3CCC4C(CCC5C(C)(C)C(CC(=O)C6CC(C(=O)O)C6C)CCC45C)C3CCC2(CC(=O)NCc2ccc3nc(-c4ccccc4)[nH]c3c2)CC1=O. The van der Waals surface area contributed by atoms with Gasteiger partial charge in [0.1, 0.15) is 11.6 Å². The molecule has 5 saturated carbocycles. The van der Waals surface area contributed by atoms with Crippen molar-refractivity contribution in [1.82, 2.24) is 15.3 Å². The number of aliphatic carboxylic acids is 1. The van der Waals surface area contributed by atoms with Crippen molar-refractivity contribution >= 4 is 34.5 Å². The number of hydrogen-bond donors (Lipinski definition) is 3. The van der Waals surface area contributed by atoms with Crippen LogP contribution in [0.15, 0.2) is 59.7 Å². The third-order valence-corrected chi connectivity index (χ3v) is 17.9. The average molecular weight is 800 g/mol. The fraction of sp³-hybridized carbons (Fsp3) is 0.627. The number of nitrogens with zero attached hydrogens (tertiary/aromatic N) is 1. The van der Waals surface area contributed by atoms with Gasteiger partial charge in [-0.1, -0.05) is 83.5 Å². The summed E-state index contributed by atoms with van der Waals surface area (Å²) in [4.78, 5) is 61.5. The molecule has 11 atom stereocenters. The molecule has 1 amide bonds. The lowest BCUT2D eigenvalue weighted by molar-refractivity contribution is -0.163. The van der Waals surface area contributed by atoms with Gasteiger partial charge in [0.2, 0.25) is 5.91 Å². The summed E-state index contributed by atoms with van der Waals surface area (Å²) in [5.74, 6) is 3.31. The van der Waals surface area contributed by atoms with Crippen LogP contribution in [-0.2, 0) is 25.7 Å². The van der Waals surface area contributed by atoms with Gasteiger partial charge in [0, 0.05) is 42.7 Å². The van der Waals surface area contributed by atoms with Crippen LogP contribution in [0.3, 0.4) is 0 Å². The van der Waals surface area contributed by atoms with Crippen LogP contribution in [-0.4, -0.2) is 38.5 Å². The fourth-order valence-corrected chi connectivity index (χ4v) is 14.9. The Morgan fingerprint density at radius 1 is 0.932 bits per heavy atom. The third-order valence-electron chi connectivity index (χ3n) is 17.9. The molecule has 9 rings (SSSR count). The van der Waals surface area contributed by atoms with Gasteiger partial charge < -0.3 is 15.4 Å². The highest BCUT2D eigenvalue weighted by atomic mass is 16.4. The molecular formula is C51H65N3O5. The number of carbonyl (C=O) groups is 4. The maximum absolute atomic E-state index is 14.0. The van der Waals surface area contributed by atoms with Crippen molar-refractivity contribution in [1.29, 1.82) is 0 Å². The molecule has 11 unspecified atom stereocenters. The molecule has 1 heterocycles. The van der Waals surface area contributed by atoms with Gasteiger partial charge in [0.25, 0.3) is 0 Å². The minimum atomic E-state index is -0.763. The predicted molar refractivity (Wildman–Crippen MR) is 230 cm³/mol. The van der Waals surface area contributed by atoms with Crippen molar-refractivity contribution in [3.05, 3.63) is 65.2 Å². The van der Waals surface area contributed by atoms with Crippen LogP contribution in [0.1, 0.15) is 124 Å². The first-order chi connectivity index (χ1) is 28.1. The van der Waals surface area contributed by atoms with Gasteiger partial charge in [-0.15, -0.1) is 0 Å². The highest BCUT2D eigenvalue weighted by Crippen LogP contribution is 2.70. The van der Waals surface area contributed by atoms with Gasteiger partial charge in [-0.3, -0.25) is 19.2 Å². The monoisotopic (exact) mass is 799 g/mol. The number of carbonyl (C=O) groups excluding carboxylic acids is 3. The maximum atomic E-state index is 14.0. The Bertz CT molecular complexity index is 2200. The molecule has 6 aliphatic rings. The number of amides is 1. The highest BCUT2D eigenvalue weighted by molar-refractivity contribution is 6.01. The summed E-state index contributed by atoms with van der Waals surface area (Å²) in [5.41, 5.74) is 6.16. The second kappa shape index (κ2) is 14.8. The van der Waals surface area contributed by atoms with Crippen LogP contribution < -0.4 is 5.32 Å². The van der Waals surface area contributed by atoms with Crippen LogP contribution in [0.25, 0.3) is 22.4 Å². The molecule has 0 spiro atoms. The number of H-pyrrole nitrogens is 1. The van der Waals surface area contributed by atoms with E-state index in [0.717, 1.165) is 65.7 Å².